The summed E-state index contributed by atoms with van der Waals surface area (Å²) in [5, 5.41) is 22.2. The molecule has 250 valence electrons. The second-order valence-electron chi connectivity index (χ2n) is 12.7. The number of halogens is 2. The predicted octanol–water partition coefficient (Wildman–Crippen LogP) is 3.69. The molecule has 4 rings (SSSR count). The number of aromatic nitrogens is 1. The largest absolute Gasteiger partial charge is 0.478 e. The van der Waals surface area contributed by atoms with Crippen molar-refractivity contribution >= 4 is 29.4 Å². The fraction of sp³-hybridized carbons (Fsp3) is 0.485. The van der Waals surface area contributed by atoms with Crippen LogP contribution in [0.2, 0.25) is 0 Å². The van der Waals surface area contributed by atoms with Gasteiger partial charge in [0.25, 0.3) is 0 Å². The zero-order chi connectivity index (χ0) is 34.2. The van der Waals surface area contributed by atoms with Gasteiger partial charge in [0, 0.05) is 49.1 Å². The van der Waals surface area contributed by atoms with Crippen LogP contribution in [0.15, 0.2) is 48.7 Å². The first-order valence-corrected chi connectivity index (χ1v) is 15.2. The minimum atomic E-state index is -1.26. The minimum absolute atomic E-state index is 0.0123. The first-order valence-electron chi connectivity index (χ1n) is 15.2. The number of carbonyl (C=O) groups is 4. The van der Waals surface area contributed by atoms with E-state index in [0.29, 0.717) is 61.9 Å². The average molecular weight is 644 g/mol. The van der Waals surface area contributed by atoms with Gasteiger partial charge >= 0.3 is 11.9 Å². The Hall–Kier alpha value is -4.23. The number of nitrogens with zero attached hydrogens (tertiary/aromatic N) is 3. The average Bonchev–Trinajstić information content (AvgIpc) is 2.98. The number of carboxylic acids is 2. The van der Waals surface area contributed by atoms with Gasteiger partial charge in [0.05, 0.1) is 30.4 Å². The van der Waals surface area contributed by atoms with Gasteiger partial charge in [-0.05, 0) is 69.4 Å². The summed E-state index contributed by atoms with van der Waals surface area (Å²) in [5.74, 6) is -3.41. The summed E-state index contributed by atoms with van der Waals surface area (Å²) in [6, 6.07) is 7.19. The topological polar surface area (TPSA) is 152 Å². The molecule has 11 nitrogen and oxygen atoms in total. The number of piperazine rings is 1. The zero-order valence-electron chi connectivity index (χ0n) is 26.8. The Labute approximate surface area is 267 Å². The van der Waals surface area contributed by atoms with Gasteiger partial charge in [-0.2, -0.15) is 0 Å². The van der Waals surface area contributed by atoms with E-state index in [2.05, 4.69) is 48.2 Å². The lowest BCUT2D eigenvalue weighted by Gasteiger charge is -2.51. The van der Waals surface area contributed by atoms with Crippen molar-refractivity contribution in [2.75, 3.05) is 31.1 Å². The van der Waals surface area contributed by atoms with E-state index in [0.717, 1.165) is 5.56 Å². The number of benzene rings is 1. The Balaban J connectivity index is 0.000000637. The van der Waals surface area contributed by atoms with Crippen molar-refractivity contribution in [2.45, 2.75) is 65.1 Å². The Kier molecular flexibility index (Phi) is 12.5. The SMILES string of the molecule is Cc1ccc(F)cc1N1CC(C)(C)N([C@H]2CNC[C@@H](C(=O)N[C@H](CC(C)C)c3ccc(F)cn3)C2)CC1=O.O=C(O)/C=C/C(=O)O. The summed E-state index contributed by atoms with van der Waals surface area (Å²) in [4.78, 5) is 53.9. The molecule has 2 fully saturated rings. The molecule has 3 atom stereocenters. The van der Waals surface area contributed by atoms with E-state index in [9.17, 15) is 28.0 Å². The number of hydrogen-bond donors (Lipinski definition) is 4. The van der Waals surface area contributed by atoms with Crippen LogP contribution in [0.1, 0.15) is 57.8 Å². The molecule has 0 bridgehead atoms. The van der Waals surface area contributed by atoms with Crippen LogP contribution < -0.4 is 15.5 Å². The molecule has 2 aromatic rings. The summed E-state index contributed by atoms with van der Waals surface area (Å²) >= 11 is 0. The third kappa shape index (κ3) is 10.1. The number of amides is 2. The van der Waals surface area contributed by atoms with Gasteiger partial charge in [0.2, 0.25) is 11.8 Å². The molecular weight excluding hydrogens is 600 g/mol. The fourth-order valence-corrected chi connectivity index (χ4v) is 5.83. The van der Waals surface area contributed by atoms with Crippen molar-refractivity contribution in [2.24, 2.45) is 11.8 Å². The fourth-order valence-electron chi connectivity index (χ4n) is 5.83. The third-order valence-electron chi connectivity index (χ3n) is 8.03. The number of aryl methyl sites for hydroxylation is 1. The number of anilines is 1. The maximum Gasteiger partial charge on any atom is 0.328 e. The Morgan fingerprint density at radius 2 is 1.74 bits per heavy atom. The molecule has 3 heterocycles. The highest BCUT2D eigenvalue weighted by Gasteiger charge is 2.44. The first-order chi connectivity index (χ1) is 21.6. The van der Waals surface area contributed by atoms with Crippen molar-refractivity contribution in [3.8, 4) is 0 Å². The van der Waals surface area contributed by atoms with Crippen molar-refractivity contribution in [3.05, 3.63) is 71.6 Å². The molecule has 2 saturated heterocycles. The Bertz CT molecular complexity index is 1420. The number of hydrogen-bond acceptors (Lipinski definition) is 7. The van der Waals surface area contributed by atoms with E-state index in [1.807, 2.05) is 6.92 Å². The van der Waals surface area contributed by atoms with Crippen LogP contribution >= 0.6 is 0 Å². The molecule has 0 spiro atoms. The summed E-state index contributed by atoms with van der Waals surface area (Å²) in [6.45, 7) is 12.0. The van der Waals surface area contributed by atoms with Gasteiger partial charge in [0.1, 0.15) is 11.6 Å². The number of aliphatic carboxylic acids is 2. The standard InChI is InChI=1S/C29H39F2N5O2.C4H4O4/c1-18(2)10-25(24-9-8-22(31)14-33-24)34-28(38)20-11-23(15-32-13-20)36-16-27(37)35(17-29(36,4)5)26-12-21(30)7-6-19(26)3;5-3(6)1-2-4(7)8/h6-9,12,14,18,20,23,25,32H,10-11,13,15-17H2,1-5H3,(H,34,38);1-2H,(H,5,6)(H,7,8)/b;2-1+/t20-,23+,25+;/m0./s1. The lowest BCUT2D eigenvalue weighted by atomic mass is 9.88. The molecular formula is C33H43F2N5O6. The summed E-state index contributed by atoms with van der Waals surface area (Å²) in [5.41, 5.74) is 1.72. The van der Waals surface area contributed by atoms with Crippen molar-refractivity contribution in [3.63, 3.8) is 0 Å². The highest BCUT2D eigenvalue weighted by molar-refractivity contribution is 5.96. The molecule has 0 radical (unpaired) electrons. The summed E-state index contributed by atoms with van der Waals surface area (Å²) < 4.78 is 27.4. The minimum Gasteiger partial charge on any atom is -0.478 e. The van der Waals surface area contributed by atoms with Crippen LogP contribution in [0.5, 0.6) is 0 Å². The highest BCUT2D eigenvalue weighted by atomic mass is 19.1. The number of carboxylic acid groups (broad SMARTS) is 2. The van der Waals surface area contributed by atoms with E-state index in [4.69, 9.17) is 10.2 Å². The summed E-state index contributed by atoms with van der Waals surface area (Å²) in [6.07, 6.45) is 3.60. The zero-order valence-corrected chi connectivity index (χ0v) is 26.8. The third-order valence-corrected chi connectivity index (χ3v) is 8.03. The lowest BCUT2D eigenvalue weighted by Crippen LogP contribution is -2.67. The van der Waals surface area contributed by atoms with E-state index >= 15 is 0 Å². The Morgan fingerprint density at radius 1 is 1.09 bits per heavy atom. The van der Waals surface area contributed by atoms with Gasteiger partial charge in [-0.1, -0.05) is 19.9 Å². The smallest absolute Gasteiger partial charge is 0.328 e. The molecule has 2 amide bonds. The second-order valence-corrected chi connectivity index (χ2v) is 12.7. The van der Waals surface area contributed by atoms with Crippen LogP contribution in [0.25, 0.3) is 0 Å². The molecule has 1 aromatic heterocycles. The first kappa shape index (κ1) is 36.2. The Morgan fingerprint density at radius 3 is 2.33 bits per heavy atom. The molecule has 13 heteroatoms. The second kappa shape index (κ2) is 15.9. The maximum absolute atomic E-state index is 14.0. The number of nitrogens with one attached hydrogen (secondary N) is 2. The van der Waals surface area contributed by atoms with Gasteiger partial charge in [0.15, 0.2) is 0 Å². The van der Waals surface area contributed by atoms with E-state index in [1.165, 1.54) is 24.4 Å². The number of piperidine rings is 1. The van der Waals surface area contributed by atoms with Crippen molar-refractivity contribution in [1.82, 2.24) is 20.5 Å². The number of pyridine rings is 1. The maximum atomic E-state index is 14.0. The molecule has 1 aromatic carbocycles. The normalized spacial score (nSPS) is 20.6. The molecule has 2 aliphatic rings. The predicted molar refractivity (Wildman–Crippen MR) is 168 cm³/mol. The van der Waals surface area contributed by atoms with E-state index in [-0.39, 0.29) is 47.7 Å². The highest BCUT2D eigenvalue weighted by Crippen LogP contribution is 2.33. The van der Waals surface area contributed by atoms with Crippen LogP contribution in [0.4, 0.5) is 14.5 Å². The molecule has 2 aliphatic heterocycles. The molecule has 46 heavy (non-hydrogen) atoms. The lowest BCUT2D eigenvalue weighted by molar-refractivity contribution is -0.134. The van der Waals surface area contributed by atoms with Crippen LogP contribution in [-0.2, 0) is 19.2 Å². The van der Waals surface area contributed by atoms with Crippen molar-refractivity contribution in [1.29, 1.82) is 0 Å². The molecule has 4 N–H and O–H groups in total. The monoisotopic (exact) mass is 643 g/mol. The van der Waals surface area contributed by atoms with Gasteiger partial charge < -0.3 is 25.7 Å². The number of carbonyl (C=O) groups excluding carboxylic acids is 2. The quantitative estimate of drug-likeness (QED) is 0.300. The van der Waals surface area contributed by atoms with Gasteiger partial charge in [-0.25, -0.2) is 18.4 Å². The van der Waals surface area contributed by atoms with Crippen LogP contribution in [0.3, 0.4) is 0 Å². The van der Waals surface area contributed by atoms with E-state index in [1.54, 1.807) is 17.0 Å². The molecule has 0 saturated carbocycles. The van der Waals surface area contributed by atoms with Gasteiger partial charge in [-0.3, -0.25) is 19.5 Å². The van der Waals surface area contributed by atoms with E-state index < -0.39 is 17.8 Å². The van der Waals surface area contributed by atoms with Crippen LogP contribution in [0, 0.1) is 30.4 Å². The molecule has 0 aliphatic carbocycles. The summed E-state index contributed by atoms with van der Waals surface area (Å²) in [7, 11) is 0. The van der Waals surface area contributed by atoms with Crippen LogP contribution in [-0.4, -0.2) is 81.6 Å². The molecule has 0 unspecified atom stereocenters. The van der Waals surface area contributed by atoms with Gasteiger partial charge in [-0.15, -0.1) is 0 Å². The number of rotatable bonds is 9. The van der Waals surface area contributed by atoms with Crippen molar-refractivity contribution < 1.29 is 38.2 Å².